The minimum atomic E-state index is -4.02. The van der Waals surface area contributed by atoms with Crippen molar-refractivity contribution in [1.29, 1.82) is 0 Å². The van der Waals surface area contributed by atoms with Crippen LogP contribution in [0.2, 0.25) is 0 Å². The number of hydrogen-bond donors (Lipinski definition) is 2. The van der Waals surface area contributed by atoms with Crippen molar-refractivity contribution in [3.05, 3.63) is 36.2 Å². The van der Waals surface area contributed by atoms with Crippen LogP contribution in [0, 0.1) is 6.92 Å². The number of nitrogens with zero attached hydrogens (tertiary/aromatic N) is 3. The van der Waals surface area contributed by atoms with Gasteiger partial charge in [0.25, 0.3) is 10.1 Å². The van der Waals surface area contributed by atoms with Crippen molar-refractivity contribution < 1.29 is 13.0 Å². The van der Waals surface area contributed by atoms with E-state index in [9.17, 15) is 8.42 Å². The van der Waals surface area contributed by atoms with E-state index in [1.807, 2.05) is 6.92 Å². The zero-order chi connectivity index (χ0) is 12.0. The molecule has 0 bridgehead atoms. The van der Waals surface area contributed by atoms with Gasteiger partial charge >= 0.3 is 0 Å². The van der Waals surface area contributed by atoms with E-state index in [1.165, 1.54) is 18.5 Å². The molecule has 2 N–H and O–H groups in total. The summed E-state index contributed by atoms with van der Waals surface area (Å²) in [5.41, 5.74) is 0.956. The number of aromatic nitrogens is 4. The monoisotopic (exact) mass is 242 g/mol. The third-order valence-electron chi connectivity index (χ3n) is 1.59. The van der Waals surface area contributed by atoms with Gasteiger partial charge in [0.1, 0.15) is 0 Å². The molecule has 1 aromatic carbocycles. The largest absolute Gasteiger partial charge is 0.294 e. The molecule has 7 nitrogen and oxygen atoms in total. The van der Waals surface area contributed by atoms with E-state index in [-0.39, 0.29) is 4.90 Å². The van der Waals surface area contributed by atoms with Crippen molar-refractivity contribution in [2.24, 2.45) is 0 Å². The maximum atomic E-state index is 10.5. The molecule has 16 heavy (non-hydrogen) atoms. The number of aromatic amines is 1. The lowest BCUT2D eigenvalue weighted by atomic mass is 10.2. The Bertz CT molecular complexity index is 490. The molecular formula is C8H10N4O3S. The Hall–Kier alpha value is -1.80. The van der Waals surface area contributed by atoms with Gasteiger partial charge in [-0.2, -0.15) is 13.6 Å². The second-order valence-electron chi connectivity index (χ2n) is 2.85. The van der Waals surface area contributed by atoms with Crippen molar-refractivity contribution >= 4 is 10.1 Å². The fraction of sp³-hybridized carbons (Fsp3) is 0.125. The molecule has 1 aromatic heterocycles. The van der Waals surface area contributed by atoms with Crippen molar-refractivity contribution in [2.75, 3.05) is 0 Å². The normalized spacial score (nSPS) is 10.4. The zero-order valence-corrected chi connectivity index (χ0v) is 9.22. The first-order chi connectivity index (χ1) is 7.50. The summed E-state index contributed by atoms with van der Waals surface area (Å²) >= 11 is 0. The molecule has 2 aromatic rings. The number of benzene rings is 1. The molecule has 2 rings (SSSR count). The summed E-state index contributed by atoms with van der Waals surface area (Å²) in [6.07, 6.45) is 1.33. The number of rotatable bonds is 1. The maximum absolute atomic E-state index is 10.5. The average Bonchev–Trinajstić information content (AvgIpc) is 2.74. The maximum Gasteiger partial charge on any atom is 0.294 e. The standard InChI is InChI=1S/C7H8O3S.CH2N4/c1-6-2-4-7(5-3-6)11(8,9)10;1-2-4-5-3-1/h2-5H,1H3,(H,8,9,10);1H,(H,2,3,4,5). The van der Waals surface area contributed by atoms with Crippen LogP contribution in [0.15, 0.2) is 35.5 Å². The van der Waals surface area contributed by atoms with E-state index < -0.39 is 10.1 Å². The lowest BCUT2D eigenvalue weighted by Gasteiger charge is -1.95. The Labute approximate surface area is 92.3 Å². The van der Waals surface area contributed by atoms with Gasteiger partial charge in [-0.1, -0.05) is 22.9 Å². The summed E-state index contributed by atoms with van der Waals surface area (Å²) in [4.78, 5) is -0.0666. The van der Waals surface area contributed by atoms with E-state index in [0.29, 0.717) is 0 Å². The fourth-order valence-electron chi connectivity index (χ4n) is 0.839. The van der Waals surface area contributed by atoms with E-state index in [1.54, 1.807) is 12.1 Å². The minimum Gasteiger partial charge on any atom is -0.282 e. The van der Waals surface area contributed by atoms with Crippen LogP contribution in [0.1, 0.15) is 5.56 Å². The lowest BCUT2D eigenvalue weighted by molar-refractivity contribution is 0.483. The molecule has 0 aliphatic heterocycles. The van der Waals surface area contributed by atoms with Gasteiger partial charge in [-0.25, -0.2) is 0 Å². The van der Waals surface area contributed by atoms with Gasteiger partial charge in [0.05, 0.1) is 4.90 Å². The van der Waals surface area contributed by atoms with Crippen molar-refractivity contribution in [2.45, 2.75) is 11.8 Å². The summed E-state index contributed by atoms with van der Waals surface area (Å²) in [7, 11) is -4.02. The van der Waals surface area contributed by atoms with Crippen molar-refractivity contribution in [3.63, 3.8) is 0 Å². The summed E-state index contributed by atoms with van der Waals surface area (Å²) < 4.78 is 29.6. The first-order valence-electron chi connectivity index (χ1n) is 4.21. The summed E-state index contributed by atoms with van der Waals surface area (Å²) in [6.45, 7) is 1.84. The summed E-state index contributed by atoms with van der Waals surface area (Å²) in [6, 6.07) is 5.99. The van der Waals surface area contributed by atoms with Crippen LogP contribution in [0.4, 0.5) is 0 Å². The second-order valence-corrected chi connectivity index (χ2v) is 4.27. The van der Waals surface area contributed by atoms with Crippen LogP contribution in [-0.2, 0) is 10.1 Å². The Morgan fingerprint density at radius 3 is 2.19 bits per heavy atom. The first-order valence-corrected chi connectivity index (χ1v) is 5.65. The fourth-order valence-corrected chi connectivity index (χ4v) is 1.32. The molecule has 0 fully saturated rings. The quantitative estimate of drug-likeness (QED) is 0.702. The van der Waals surface area contributed by atoms with Gasteiger partial charge in [0.2, 0.25) is 0 Å². The van der Waals surface area contributed by atoms with Crippen LogP contribution in [0.5, 0.6) is 0 Å². The molecule has 0 aliphatic carbocycles. The molecule has 0 aliphatic rings. The van der Waals surface area contributed by atoms with Crippen molar-refractivity contribution in [3.8, 4) is 0 Å². The molecule has 86 valence electrons. The summed E-state index contributed by atoms with van der Waals surface area (Å²) in [5, 5.41) is 12.2. The van der Waals surface area contributed by atoms with Gasteiger partial charge in [-0.3, -0.25) is 4.55 Å². The molecular weight excluding hydrogens is 232 g/mol. The third kappa shape index (κ3) is 4.15. The molecule has 0 unspecified atom stereocenters. The van der Waals surface area contributed by atoms with Crippen LogP contribution < -0.4 is 0 Å². The minimum absolute atomic E-state index is 0.0666. The number of tetrazole rings is 1. The zero-order valence-electron chi connectivity index (χ0n) is 8.40. The van der Waals surface area contributed by atoms with E-state index in [0.717, 1.165) is 5.56 Å². The van der Waals surface area contributed by atoms with Gasteiger partial charge in [0, 0.05) is 0 Å². The SMILES string of the molecule is Cc1ccc(S(=O)(=O)O)cc1.c1nn[nH]n1. The van der Waals surface area contributed by atoms with E-state index in [4.69, 9.17) is 4.55 Å². The highest BCUT2D eigenvalue weighted by Crippen LogP contribution is 2.08. The van der Waals surface area contributed by atoms with Crippen LogP contribution in [0.3, 0.4) is 0 Å². The van der Waals surface area contributed by atoms with Gasteiger partial charge in [-0.15, -0.1) is 10.2 Å². The highest BCUT2D eigenvalue weighted by atomic mass is 32.2. The molecule has 0 atom stereocenters. The Morgan fingerprint density at radius 2 is 1.88 bits per heavy atom. The molecule has 0 saturated heterocycles. The average molecular weight is 242 g/mol. The Balaban J connectivity index is 0.000000212. The first kappa shape index (κ1) is 12.3. The number of nitrogens with one attached hydrogen (secondary N) is 1. The van der Waals surface area contributed by atoms with Gasteiger partial charge < -0.3 is 0 Å². The highest BCUT2D eigenvalue weighted by Gasteiger charge is 2.06. The molecule has 0 saturated carbocycles. The Kier molecular flexibility index (Phi) is 4.09. The predicted octanol–water partition coefficient (Wildman–Crippen LogP) is 0.441. The van der Waals surface area contributed by atoms with Gasteiger partial charge in [0.15, 0.2) is 6.33 Å². The van der Waals surface area contributed by atoms with Crippen molar-refractivity contribution in [1.82, 2.24) is 20.6 Å². The number of H-pyrrole nitrogens is 1. The third-order valence-corrected chi connectivity index (χ3v) is 2.46. The van der Waals surface area contributed by atoms with Crippen LogP contribution >= 0.6 is 0 Å². The lowest BCUT2D eigenvalue weighted by Crippen LogP contribution is -1.96. The smallest absolute Gasteiger partial charge is 0.282 e. The van der Waals surface area contributed by atoms with E-state index in [2.05, 4.69) is 20.6 Å². The molecule has 0 spiro atoms. The molecule has 1 heterocycles. The molecule has 8 heteroatoms. The van der Waals surface area contributed by atoms with Crippen LogP contribution in [-0.4, -0.2) is 33.6 Å². The topological polar surface area (TPSA) is 109 Å². The predicted molar refractivity (Wildman–Crippen MR) is 55.2 cm³/mol. The Morgan fingerprint density at radius 1 is 1.25 bits per heavy atom. The highest BCUT2D eigenvalue weighted by molar-refractivity contribution is 7.85. The molecule has 0 amide bonds. The second kappa shape index (κ2) is 5.33. The number of aryl methyl sites for hydroxylation is 1. The van der Waals surface area contributed by atoms with E-state index >= 15 is 0 Å². The number of hydrogen-bond acceptors (Lipinski definition) is 5. The molecule has 0 radical (unpaired) electrons. The summed E-state index contributed by atoms with van der Waals surface area (Å²) in [5.74, 6) is 0. The van der Waals surface area contributed by atoms with Gasteiger partial charge in [-0.05, 0) is 19.1 Å². The van der Waals surface area contributed by atoms with Crippen LogP contribution in [0.25, 0.3) is 0 Å².